The maximum absolute atomic E-state index is 14.0. The van der Waals surface area contributed by atoms with Gasteiger partial charge in [0.25, 0.3) is 10.0 Å². The number of nitrogens with zero attached hydrogens (tertiary/aromatic N) is 2. The first-order valence-electron chi connectivity index (χ1n) is 12.9. The summed E-state index contributed by atoms with van der Waals surface area (Å²) in [7, 11) is -4.15. The molecule has 7 nitrogen and oxygen atoms in total. The summed E-state index contributed by atoms with van der Waals surface area (Å²) in [5.41, 5.74) is 2.67. The fraction of sp³-hybridized carbons (Fsp3) is 0.333. The van der Waals surface area contributed by atoms with E-state index >= 15 is 0 Å². The average molecular weight is 570 g/mol. The van der Waals surface area contributed by atoms with E-state index in [-0.39, 0.29) is 23.3 Å². The van der Waals surface area contributed by atoms with E-state index in [0.717, 1.165) is 15.4 Å². The normalized spacial score (nSPS) is 12.2. The first-order valence-corrected chi connectivity index (χ1v) is 14.7. The van der Waals surface area contributed by atoms with Gasteiger partial charge in [-0.25, -0.2) is 8.42 Å². The van der Waals surface area contributed by atoms with Crippen LogP contribution in [0.5, 0.6) is 0 Å². The van der Waals surface area contributed by atoms with Gasteiger partial charge in [-0.15, -0.1) is 0 Å². The van der Waals surface area contributed by atoms with E-state index < -0.39 is 28.5 Å². The number of amides is 2. The Bertz CT molecular complexity index is 1390. The summed E-state index contributed by atoms with van der Waals surface area (Å²) in [6, 6.07) is 19.8. The van der Waals surface area contributed by atoms with Gasteiger partial charge in [-0.3, -0.25) is 13.9 Å². The predicted octanol–water partition coefficient (Wildman–Crippen LogP) is 5.34. The molecule has 0 aliphatic heterocycles. The Hall–Kier alpha value is -3.36. The number of carbonyl (C=O) groups excluding carboxylic acids is 2. The van der Waals surface area contributed by atoms with Crippen molar-refractivity contribution in [2.24, 2.45) is 5.92 Å². The van der Waals surface area contributed by atoms with Crippen LogP contribution in [0, 0.1) is 19.8 Å². The van der Waals surface area contributed by atoms with E-state index in [9.17, 15) is 18.0 Å². The van der Waals surface area contributed by atoms with Crippen LogP contribution in [-0.4, -0.2) is 44.3 Å². The second-order valence-corrected chi connectivity index (χ2v) is 12.4. The van der Waals surface area contributed by atoms with E-state index in [0.29, 0.717) is 22.8 Å². The van der Waals surface area contributed by atoms with Crippen LogP contribution in [0.4, 0.5) is 5.69 Å². The van der Waals surface area contributed by atoms with Crippen molar-refractivity contribution < 1.29 is 18.0 Å². The molecule has 0 spiro atoms. The van der Waals surface area contributed by atoms with Crippen LogP contribution in [0.2, 0.25) is 5.02 Å². The summed E-state index contributed by atoms with van der Waals surface area (Å²) < 4.78 is 29.0. The Balaban J connectivity index is 2.04. The lowest BCUT2D eigenvalue weighted by atomic mass is 10.1. The number of carbonyl (C=O) groups is 2. The second-order valence-electron chi connectivity index (χ2n) is 10.1. The van der Waals surface area contributed by atoms with Crippen LogP contribution in [-0.2, 0) is 26.2 Å². The van der Waals surface area contributed by atoms with Gasteiger partial charge in [-0.2, -0.15) is 0 Å². The molecule has 3 rings (SSSR count). The molecule has 0 aliphatic carbocycles. The van der Waals surface area contributed by atoms with Gasteiger partial charge in [0.1, 0.15) is 12.6 Å². The number of benzene rings is 3. The third-order valence-electron chi connectivity index (χ3n) is 6.38. The van der Waals surface area contributed by atoms with Crippen molar-refractivity contribution >= 4 is 39.1 Å². The highest BCUT2D eigenvalue weighted by Crippen LogP contribution is 2.30. The quantitative estimate of drug-likeness (QED) is 0.338. The number of rotatable bonds is 11. The molecule has 0 saturated heterocycles. The molecule has 0 heterocycles. The maximum Gasteiger partial charge on any atom is 0.264 e. The second kappa shape index (κ2) is 13.1. The summed E-state index contributed by atoms with van der Waals surface area (Å²) in [6.07, 6.45) is 0. The van der Waals surface area contributed by atoms with E-state index in [4.69, 9.17) is 11.6 Å². The fourth-order valence-corrected chi connectivity index (χ4v) is 5.65. The van der Waals surface area contributed by atoms with Gasteiger partial charge in [-0.1, -0.05) is 79.5 Å². The van der Waals surface area contributed by atoms with Gasteiger partial charge < -0.3 is 10.2 Å². The molecule has 0 aliphatic rings. The number of hydrogen-bond acceptors (Lipinski definition) is 4. The molecule has 2 amide bonds. The zero-order valence-electron chi connectivity index (χ0n) is 23.0. The molecule has 0 bridgehead atoms. The van der Waals surface area contributed by atoms with Crippen molar-refractivity contribution in [3.05, 3.63) is 94.5 Å². The molecule has 0 saturated carbocycles. The van der Waals surface area contributed by atoms with Gasteiger partial charge in [0.2, 0.25) is 11.8 Å². The van der Waals surface area contributed by atoms with Crippen molar-refractivity contribution in [2.75, 3.05) is 17.4 Å². The number of hydrogen-bond donors (Lipinski definition) is 1. The smallest absolute Gasteiger partial charge is 0.264 e. The van der Waals surface area contributed by atoms with Crippen LogP contribution in [0.3, 0.4) is 0 Å². The van der Waals surface area contributed by atoms with Crippen LogP contribution >= 0.6 is 11.6 Å². The Morgan fingerprint density at radius 3 is 2.18 bits per heavy atom. The lowest BCUT2D eigenvalue weighted by Gasteiger charge is -2.32. The highest BCUT2D eigenvalue weighted by atomic mass is 35.5. The highest BCUT2D eigenvalue weighted by molar-refractivity contribution is 7.92. The summed E-state index contributed by atoms with van der Waals surface area (Å²) >= 11 is 6.27. The molecular formula is C30H36ClN3O4S. The molecule has 0 fully saturated rings. The number of nitrogens with one attached hydrogen (secondary N) is 1. The van der Waals surface area contributed by atoms with Crippen LogP contribution < -0.4 is 9.62 Å². The molecule has 1 N–H and O–H groups in total. The van der Waals surface area contributed by atoms with E-state index in [1.54, 1.807) is 38.1 Å². The molecular weight excluding hydrogens is 534 g/mol. The number of anilines is 1. The molecule has 39 heavy (non-hydrogen) atoms. The number of sulfonamides is 1. The molecule has 208 valence electrons. The molecule has 9 heteroatoms. The fourth-order valence-electron chi connectivity index (χ4n) is 4.02. The summed E-state index contributed by atoms with van der Waals surface area (Å²) in [5, 5.41) is 3.23. The van der Waals surface area contributed by atoms with Crippen molar-refractivity contribution in [2.45, 2.75) is 52.1 Å². The summed E-state index contributed by atoms with van der Waals surface area (Å²) in [6.45, 7) is 9.35. The van der Waals surface area contributed by atoms with Crippen LogP contribution in [0.25, 0.3) is 0 Å². The van der Waals surface area contributed by atoms with Gasteiger partial charge >= 0.3 is 0 Å². The molecule has 3 aromatic rings. The Morgan fingerprint density at radius 1 is 0.923 bits per heavy atom. The van der Waals surface area contributed by atoms with E-state index in [1.165, 1.54) is 23.1 Å². The first-order chi connectivity index (χ1) is 18.4. The van der Waals surface area contributed by atoms with Crippen molar-refractivity contribution in [1.29, 1.82) is 0 Å². The minimum Gasteiger partial charge on any atom is -0.354 e. The monoisotopic (exact) mass is 569 g/mol. The summed E-state index contributed by atoms with van der Waals surface area (Å²) in [5.74, 6) is -0.582. The third-order valence-corrected chi connectivity index (χ3v) is 8.38. The highest BCUT2D eigenvalue weighted by Gasteiger charge is 2.33. The molecule has 3 aromatic carbocycles. The topological polar surface area (TPSA) is 86.8 Å². The number of aryl methyl sites for hydroxylation is 2. The molecule has 0 unspecified atom stereocenters. The largest absolute Gasteiger partial charge is 0.354 e. The van der Waals surface area contributed by atoms with Gasteiger partial charge in [0, 0.05) is 18.1 Å². The average Bonchev–Trinajstić information content (AvgIpc) is 2.90. The minimum atomic E-state index is -4.15. The maximum atomic E-state index is 14.0. The lowest BCUT2D eigenvalue weighted by Crippen LogP contribution is -2.51. The van der Waals surface area contributed by atoms with Crippen molar-refractivity contribution in [1.82, 2.24) is 10.2 Å². The molecule has 0 aromatic heterocycles. The summed E-state index contributed by atoms with van der Waals surface area (Å²) in [4.78, 5) is 28.5. The zero-order chi connectivity index (χ0) is 28.7. The Kier molecular flexibility index (Phi) is 10.2. The first kappa shape index (κ1) is 30.2. The lowest BCUT2D eigenvalue weighted by molar-refractivity contribution is -0.139. The van der Waals surface area contributed by atoms with Crippen LogP contribution in [0.15, 0.2) is 77.7 Å². The van der Waals surface area contributed by atoms with E-state index in [2.05, 4.69) is 5.32 Å². The Morgan fingerprint density at radius 2 is 1.56 bits per heavy atom. The number of halogens is 1. The third kappa shape index (κ3) is 7.83. The zero-order valence-corrected chi connectivity index (χ0v) is 24.6. The standard InChI is InChI=1S/C30H36ClN3O4S/c1-21(2)18-32-30(36)24(5)33(19-25-9-7-6-8-10-25)29(35)20-34(28-17-26(31)14-13-23(28)4)39(37,38)27-15-11-22(3)12-16-27/h6-17,21,24H,18-20H2,1-5H3,(H,32,36)/t24-/m0/s1. The Labute approximate surface area is 236 Å². The van der Waals surface area contributed by atoms with Gasteiger partial charge in [0.15, 0.2) is 0 Å². The molecule has 0 radical (unpaired) electrons. The van der Waals surface area contributed by atoms with Gasteiger partial charge in [-0.05, 0) is 62.1 Å². The van der Waals surface area contributed by atoms with Gasteiger partial charge in [0.05, 0.1) is 10.6 Å². The SMILES string of the molecule is Cc1ccc(S(=O)(=O)N(CC(=O)N(Cc2ccccc2)[C@@H](C)C(=O)NCC(C)C)c2cc(Cl)ccc2C)cc1. The molecule has 1 atom stereocenters. The predicted molar refractivity (Wildman–Crippen MR) is 156 cm³/mol. The van der Waals surface area contributed by atoms with Crippen molar-refractivity contribution in [3.63, 3.8) is 0 Å². The van der Waals surface area contributed by atoms with Crippen molar-refractivity contribution in [3.8, 4) is 0 Å². The van der Waals surface area contributed by atoms with E-state index in [1.807, 2.05) is 51.1 Å². The van der Waals surface area contributed by atoms with Crippen LogP contribution in [0.1, 0.15) is 37.5 Å². The minimum absolute atomic E-state index is 0.0533.